The molecule has 1 amide bonds. The lowest BCUT2D eigenvalue weighted by Crippen LogP contribution is -2.54. The predicted molar refractivity (Wildman–Crippen MR) is 97.0 cm³/mol. The average Bonchev–Trinajstić information content (AvgIpc) is 2.92. The fourth-order valence-corrected chi connectivity index (χ4v) is 3.79. The Balaban J connectivity index is 1.78. The van der Waals surface area contributed by atoms with Crippen LogP contribution in [-0.4, -0.2) is 52.2 Å². The molecule has 0 saturated carbocycles. The van der Waals surface area contributed by atoms with Gasteiger partial charge in [0.05, 0.1) is 10.2 Å². The summed E-state index contributed by atoms with van der Waals surface area (Å²) in [5, 5.41) is 2.23. The van der Waals surface area contributed by atoms with Crippen molar-refractivity contribution in [1.29, 1.82) is 0 Å². The Labute approximate surface area is 150 Å². The third-order valence-electron chi connectivity index (χ3n) is 3.81. The van der Waals surface area contributed by atoms with Crippen molar-refractivity contribution in [3.05, 3.63) is 16.7 Å². The molecule has 2 aromatic rings. The molecule has 0 bridgehead atoms. The van der Waals surface area contributed by atoms with Gasteiger partial charge >= 0.3 is 6.09 Å². The summed E-state index contributed by atoms with van der Waals surface area (Å²) < 4.78 is 6.49. The number of ether oxygens (including phenoxy) is 1. The van der Waals surface area contributed by atoms with Crippen molar-refractivity contribution >= 4 is 45.1 Å². The highest BCUT2D eigenvalue weighted by atomic mass is 35.5. The lowest BCUT2D eigenvalue weighted by atomic mass is 10.2. The minimum Gasteiger partial charge on any atom is -0.444 e. The van der Waals surface area contributed by atoms with Crippen molar-refractivity contribution in [2.75, 3.05) is 24.5 Å². The summed E-state index contributed by atoms with van der Waals surface area (Å²) in [5.74, 6) is 0.844. The summed E-state index contributed by atoms with van der Waals surface area (Å²) in [6.07, 6.45) is -0.268. The SMILES string of the molecule is CC1CN(C(=O)OC(C)(C)C)CCN1c1nc(Cl)nc2ccsc12. The number of amides is 1. The fourth-order valence-electron chi connectivity index (χ4n) is 2.78. The second-order valence-electron chi connectivity index (χ2n) is 6.92. The molecule has 1 unspecified atom stereocenters. The molecule has 1 atom stereocenters. The molecule has 3 rings (SSSR count). The van der Waals surface area contributed by atoms with Crippen LogP contribution in [0.3, 0.4) is 0 Å². The van der Waals surface area contributed by atoms with Gasteiger partial charge in [0.15, 0.2) is 5.82 Å². The van der Waals surface area contributed by atoms with Crippen LogP contribution in [0.4, 0.5) is 10.6 Å². The zero-order chi connectivity index (χ0) is 17.5. The van der Waals surface area contributed by atoms with E-state index < -0.39 is 5.60 Å². The van der Waals surface area contributed by atoms with Crippen LogP contribution in [0.2, 0.25) is 5.28 Å². The number of anilines is 1. The molecule has 0 spiro atoms. The van der Waals surface area contributed by atoms with Gasteiger partial charge in [-0.05, 0) is 50.7 Å². The Hall–Kier alpha value is -1.60. The van der Waals surface area contributed by atoms with E-state index in [1.165, 1.54) is 0 Å². The van der Waals surface area contributed by atoms with Crippen LogP contribution in [0.5, 0.6) is 0 Å². The van der Waals surface area contributed by atoms with Crippen LogP contribution < -0.4 is 4.90 Å². The number of carbonyl (C=O) groups is 1. The van der Waals surface area contributed by atoms with Crippen molar-refractivity contribution in [1.82, 2.24) is 14.9 Å². The summed E-state index contributed by atoms with van der Waals surface area (Å²) in [7, 11) is 0. The fraction of sp³-hybridized carbons (Fsp3) is 0.562. The number of hydrogen-bond donors (Lipinski definition) is 0. The number of carbonyl (C=O) groups excluding carboxylic acids is 1. The van der Waals surface area contributed by atoms with E-state index in [0.29, 0.717) is 19.6 Å². The van der Waals surface area contributed by atoms with Gasteiger partial charge in [0.25, 0.3) is 0 Å². The number of nitrogens with zero attached hydrogens (tertiary/aromatic N) is 4. The summed E-state index contributed by atoms with van der Waals surface area (Å²) in [6, 6.07) is 2.06. The molecule has 24 heavy (non-hydrogen) atoms. The summed E-state index contributed by atoms with van der Waals surface area (Å²) in [6.45, 7) is 9.56. The molecule has 1 saturated heterocycles. The number of piperazine rings is 1. The lowest BCUT2D eigenvalue weighted by molar-refractivity contribution is 0.0218. The van der Waals surface area contributed by atoms with Gasteiger partial charge in [-0.15, -0.1) is 11.3 Å². The molecule has 8 heteroatoms. The summed E-state index contributed by atoms with van der Waals surface area (Å²) >= 11 is 7.67. The molecule has 0 N–H and O–H groups in total. The zero-order valence-corrected chi connectivity index (χ0v) is 15.8. The second-order valence-corrected chi connectivity index (χ2v) is 8.17. The Kier molecular flexibility index (Phi) is 4.57. The monoisotopic (exact) mass is 368 g/mol. The summed E-state index contributed by atoms with van der Waals surface area (Å²) in [4.78, 5) is 24.9. The largest absolute Gasteiger partial charge is 0.444 e. The first kappa shape index (κ1) is 17.2. The molecule has 3 heterocycles. The van der Waals surface area contributed by atoms with Crippen LogP contribution in [0.1, 0.15) is 27.7 Å². The van der Waals surface area contributed by atoms with E-state index in [-0.39, 0.29) is 17.4 Å². The Morgan fingerprint density at radius 3 is 2.79 bits per heavy atom. The van der Waals surface area contributed by atoms with E-state index >= 15 is 0 Å². The van der Waals surface area contributed by atoms with Gasteiger partial charge in [0, 0.05) is 25.7 Å². The molecule has 1 aliphatic heterocycles. The molecule has 6 nitrogen and oxygen atoms in total. The minimum absolute atomic E-state index is 0.113. The van der Waals surface area contributed by atoms with Crippen LogP contribution in [0.25, 0.3) is 10.2 Å². The van der Waals surface area contributed by atoms with Crippen LogP contribution >= 0.6 is 22.9 Å². The normalized spacial score (nSPS) is 19.0. The molecule has 0 radical (unpaired) electrons. The molecule has 130 valence electrons. The number of rotatable bonds is 1. The Morgan fingerprint density at radius 1 is 1.38 bits per heavy atom. The summed E-state index contributed by atoms with van der Waals surface area (Å²) in [5.41, 5.74) is 0.373. The van der Waals surface area contributed by atoms with Crippen molar-refractivity contribution in [3.63, 3.8) is 0 Å². The molecular weight excluding hydrogens is 348 g/mol. The highest BCUT2D eigenvalue weighted by Crippen LogP contribution is 2.32. The third-order valence-corrected chi connectivity index (χ3v) is 4.88. The van der Waals surface area contributed by atoms with Gasteiger partial charge in [-0.25, -0.2) is 9.78 Å². The highest BCUT2D eigenvalue weighted by molar-refractivity contribution is 7.17. The first-order valence-electron chi connectivity index (χ1n) is 7.90. The molecule has 2 aromatic heterocycles. The highest BCUT2D eigenvalue weighted by Gasteiger charge is 2.31. The Bertz CT molecular complexity index is 758. The van der Waals surface area contributed by atoms with Crippen LogP contribution in [0, 0.1) is 0 Å². The van der Waals surface area contributed by atoms with Crippen molar-refractivity contribution in [3.8, 4) is 0 Å². The molecule has 0 aromatic carbocycles. The number of fused-ring (bicyclic) bond motifs is 1. The van der Waals surface area contributed by atoms with Gasteiger partial charge < -0.3 is 14.5 Å². The van der Waals surface area contributed by atoms with E-state index in [1.807, 2.05) is 32.2 Å². The number of hydrogen-bond acceptors (Lipinski definition) is 6. The third kappa shape index (κ3) is 3.57. The maximum atomic E-state index is 12.3. The van der Waals surface area contributed by atoms with Crippen molar-refractivity contribution in [2.24, 2.45) is 0 Å². The average molecular weight is 369 g/mol. The van der Waals surface area contributed by atoms with E-state index in [0.717, 1.165) is 16.0 Å². The van der Waals surface area contributed by atoms with Crippen LogP contribution in [-0.2, 0) is 4.74 Å². The van der Waals surface area contributed by atoms with E-state index in [4.69, 9.17) is 16.3 Å². The van der Waals surface area contributed by atoms with E-state index in [1.54, 1.807) is 16.2 Å². The second kappa shape index (κ2) is 6.37. The van der Waals surface area contributed by atoms with Crippen molar-refractivity contribution < 1.29 is 9.53 Å². The zero-order valence-electron chi connectivity index (χ0n) is 14.2. The predicted octanol–water partition coefficient (Wildman–Crippen LogP) is 3.79. The van der Waals surface area contributed by atoms with Gasteiger partial charge in [0.2, 0.25) is 5.28 Å². The van der Waals surface area contributed by atoms with Gasteiger partial charge in [-0.3, -0.25) is 0 Å². The maximum absolute atomic E-state index is 12.3. The minimum atomic E-state index is -0.485. The van der Waals surface area contributed by atoms with E-state index in [9.17, 15) is 4.79 Å². The molecule has 1 aliphatic rings. The van der Waals surface area contributed by atoms with E-state index in [2.05, 4.69) is 21.8 Å². The number of halogens is 1. The van der Waals surface area contributed by atoms with Crippen LogP contribution in [0.15, 0.2) is 11.4 Å². The topological polar surface area (TPSA) is 58.6 Å². The first-order valence-corrected chi connectivity index (χ1v) is 9.15. The van der Waals surface area contributed by atoms with Crippen molar-refractivity contribution in [2.45, 2.75) is 39.3 Å². The smallest absolute Gasteiger partial charge is 0.410 e. The molecule has 0 aliphatic carbocycles. The molecule has 1 fully saturated rings. The quantitative estimate of drug-likeness (QED) is 0.717. The standard InChI is InChI=1S/C16H21ClN4O2S/c1-10-9-20(15(22)23-16(2,3)4)6-7-21(10)13-12-11(5-8-24-12)18-14(17)19-13/h5,8,10H,6-7,9H2,1-4H3. The molecular formula is C16H21ClN4O2S. The first-order chi connectivity index (χ1) is 11.2. The Morgan fingerprint density at radius 2 is 2.12 bits per heavy atom. The van der Waals surface area contributed by atoms with Gasteiger partial charge in [-0.2, -0.15) is 4.98 Å². The maximum Gasteiger partial charge on any atom is 0.410 e. The lowest BCUT2D eigenvalue weighted by Gasteiger charge is -2.40. The van der Waals surface area contributed by atoms with Gasteiger partial charge in [-0.1, -0.05) is 0 Å². The number of thiophene rings is 1. The number of aromatic nitrogens is 2. The van der Waals surface area contributed by atoms with Gasteiger partial charge in [0.1, 0.15) is 5.60 Å².